The van der Waals surface area contributed by atoms with Crippen LogP contribution in [-0.2, 0) is 0 Å². The monoisotopic (exact) mass is 332 g/mol. The van der Waals surface area contributed by atoms with Gasteiger partial charge in [-0.05, 0) is 42.8 Å². The molecule has 0 saturated heterocycles. The Bertz CT molecular complexity index is 580. The lowest BCUT2D eigenvalue weighted by molar-refractivity contribution is 0.399. The molecule has 0 fully saturated rings. The van der Waals surface area contributed by atoms with E-state index in [1.807, 2.05) is 6.07 Å². The van der Waals surface area contributed by atoms with Crippen LogP contribution in [0.25, 0.3) is 0 Å². The number of halogens is 2. The molecule has 2 aromatic carbocycles. The van der Waals surface area contributed by atoms with Crippen molar-refractivity contribution in [3.05, 3.63) is 45.9 Å². The van der Waals surface area contributed by atoms with E-state index < -0.39 is 0 Å². The van der Waals surface area contributed by atoms with Gasteiger partial charge >= 0.3 is 0 Å². The minimum absolute atomic E-state index is 0.0894. The fourth-order valence-electron chi connectivity index (χ4n) is 1.46. The standard InChI is InChI=1S/C13H10Cl2O2S.CH4O/c1-7-4-9(6-12(16)13(7)17)18-8-2-3-10(14)11(15)5-8;1-2/h2-6,16-17H,1H3;2H,1H3. The Labute approximate surface area is 131 Å². The van der Waals surface area contributed by atoms with Crippen molar-refractivity contribution in [2.75, 3.05) is 7.11 Å². The largest absolute Gasteiger partial charge is 0.504 e. The van der Waals surface area contributed by atoms with Crippen molar-refractivity contribution in [1.82, 2.24) is 0 Å². The quantitative estimate of drug-likeness (QED) is 0.710. The molecule has 0 bridgehead atoms. The van der Waals surface area contributed by atoms with Crippen LogP contribution in [0.15, 0.2) is 40.1 Å². The molecule has 0 amide bonds. The molecule has 3 N–H and O–H groups in total. The van der Waals surface area contributed by atoms with E-state index in [2.05, 4.69) is 0 Å². The summed E-state index contributed by atoms with van der Waals surface area (Å²) in [5.41, 5.74) is 0.623. The predicted molar refractivity (Wildman–Crippen MR) is 83.2 cm³/mol. The first-order valence-corrected chi connectivity index (χ1v) is 7.15. The second-order valence-electron chi connectivity index (χ2n) is 3.79. The van der Waals surface area contributed by atoms with Gasteiger partial charge in [-0.2, -0.15) is 0 Å². The smallest absolute Gasteiger partial charge is 0.160 e. The van der Waals surface area contributed by atoms with Crippen molar-refractivity contribution >= 4 is 35.0 Å². The Morgan fingerprint density at radius 1 is 0.900 bits per heavy atom. The molecule has 2 aromatic rings. The van der Waals surface area contributed by atoms with Crippen LogP contribution in [0.1, 0.15) is 5.56 Å². The van der Waals surface area contributed by atoms with Gasteiger partial charge in [-0.1, -0.05) is 35.0 Å². The van der Waals surface area contributed by atoms with E-state index >= 15 is 0 Å². The highest BCUT2D eigenvalue weighted by atomic mass is 35.5. The number of aliphatic hydroxyl groups is 1. The first-order valence-electron chi connectivity index (χ1n) is 5.57. The van der Waals surface area contributed by atoms with Gasteiger partial charge in [-0.25, -0.2) is 0 Å². The molecule has 0 spiro atoms. The molecule has 0 saturated carbocycles. The lowest BCUT2D eigenvalue weighted by atomic mass is 10.2. The average molecular weight is 333 g/mol. The molecule has 0 aromatic heterocycles. The Morgan fingerprint density at radius 3 is 2.10 bits per heavy atom. The molecule has 0 radical (unpaired) electrons. The topological polar surface area (TPSA) is 60.7 Å². The number of aromatic hydroxyl groups is 2. The summed E-state index contributed by atoms with van der Waals surface area (Å²) >= 11 is 13.2. The van der Waals surface area contributed by atoms with Crippen molar-refractivity contribution in [1.29, 1.82) is 0 Å². The van der Waals surface area contributed by atoms with Crippen LogP contribution < -0.4 is 0 Å². The Balaban J connectivity index is 0.000000956. The van der Waals surface area contributed by atoms with Crippen molar-refractivity contribution in [3.63, 3.8) is 0 Å². The van der Waals surface area contributed by atoms with E-state index in [-0.39, 0.29) is 11.5 Å². The van der Waals surface area contributed by atoms with Crippen molar-refractivity contribution in [3.8, 4) is 11.5 Å². The number of aliphatic hydroxyl groups excluding tert-OH is 1. The zero-order valence-electron chi connectivity index (χ0n) is 10.9. The van der Waals surface area contributed by atoms with E-state index in [0.29, 0.717) is 15.6 Å². The fraction of sp³-hybridized carbons (Fsp3) is 0.143. The van der Waals surface area contributed by atoms with E-state index in [0.717, 1.165) is 16.9 Å². The molecule has 0 aliphatic heterocycles. The molecule has 0 aliphatic carbocycles. The number of hydrogen-bond donors (Lipinski definition) is 3. The number of benzene rings is 2. The van der Waals surface area contributed by atoms with Gasteiger partial charge in [0.2, 0.25) is 0 Å². The summed E-state index contributed by atoms with van der Waals surface area (Å²) in [6, 6.07) is 8.63. The van der Waals surface area contributed by atoms with Gasteiger partial charge in [-0.3, -0.25) is 0 Å². The molecular formula is C14H14Cl2O3S. The van der Waals surface area contributed by atoms with Gasteiger partial charge in [0, 0.05) is 16.9 Å². The van der Waals surface area contributed by atoms with Gasteiger partial charge in [-0.15, -0.1) is 0 Å². The number of aryl methyl sites for hydroxylation is 1. The SMILES string of the molecule is CO.Cc1cc(Sc2ccc(Cl)c(Cl)c2)cc(O)c1O. The molecule has 0 atom stereocenters. The van der Waals surface area contributed by atoms with Gasteiger partial charge in [0.15, 0.2) is 11.5 Å². The van der Waals surface area contributed by atoms with Gasteiger partial charge in [0.1, 0.15) is 0 Å². The first-order chi connectivity index (χ1) is 9.47. The predicted octanol–water partition coefficient (Wildman–Crippen LogP) is 4.47. The lowest BCUT2D eigenvalue weighted by Gasteiger charge is -2.07. The minimum Gasteiger partial charge on any atom is -0.504 e. The zero-order chi connectivity index (χ0) is 15.3. The van der Waals surface area contributed by atoms with E-state index in [9.17, 15) is 10.2 Å². The lowest BCUT2D eigenvalue weighted by Crippen LogP contribution is -1.80. The van der Waals surface area contributed by atoms with E-state index in [1.165, 1.54) is 17.8 Å². The summed E-state index contributed by atoms with van der Waals surface area (Å²) in [6.45, 7) is 1.73. The van der Waals surface area contributed by atoms with Crippen LogP contribution in [0.5, 0.6) is 11.5 Å². The third kappa shape index (κ3) is 4.21. The van der Waals surface area contributed by atoms with Crippen LogP contribution in [-0.4, -0.2) is 22.4 Å². The summed E-state index contributed by atoms with van der Waals surface area (Å²) < 4.78 is 0. The molecule has 2 rings (SSSR count). The van der Waals surface area contributed by atoms with E-state index in [1.54, 1.807) is 25.1 Å². The number of phenols is 2. The van der Waals surface area contributed by atoms with Crippen molar-refractivity contribution in [2.24, 2.45) is 0 Å². The second kappa shape index (κ2) is 7.64. The maximum atomic E-state index is 9.55. The fourth-order valence-corrected chi connectivity index (χ4v) is 2.82. The molecule has 3 nitrogen and oxygen atoms in total. The Kier molecular flexibility index (Phi) is 6.49. The highest BCUT2D eigenvalue weighted by molar-refractivity contribution is 7.99. The van der Waals surface area contributed by atoms with Crippen LogP contribution in [0.3, 0.4) is 0 Å². The second-order valence-corrected chi connectivity index (χ2v) is 5.75. The summed E-state index contributed by atoms with van der Waals surface area (Å²) in [5.74, 6) is -0.217. The Hall–Kier alpha value is -1.07. The molecule has 20 heavy (non-hydrogen) atoms. The third-order valence-electron chi connectivity index (χ3n) is 2.38. The van der Waals surface area contributed by atoms with Crippen LogP contribution in [0, 0.1) is 6.92 Å². The summed E-state index contributed by atoms with van der Waals surface area (Å²) in [5, 5.41) is 27.0. The third-order valence-corrected chi connectivity index (χ3v) is 4.08. The van der Waals surface area contributed by atoms with Crippen molar-refractivity contribution < 1.29 is 15.3 Å². The van der Waals surface area contributed by atoms with Crippen LogP contribution in [0.2, 0.25) is 10.0 Å². The minimum atomic E-state index is -0.127. The number of rotatable bonds is 2. The summed E-state index contributed by atoms with van der Waals surface area (Å²) in [7, 11) is 1.00. The van der Waals surface area contributed by atoms with Gasteiger partial charge < -0.3 is 15.3 Å². The van der Waals surface area contributed by atoms with E-state index in [4.69, 9.17) is 28.3 Å². The normalized spacial score (nSPS) is 9.85. The number of hydrogen-bond acceptors (Lipinski definition) is 4. The average Bonchev–Trinajstić information content (AvgIpc) is 2.42. The summed E-state index contributed by atoms with van der Waals surface area (Å²) in [4.78, 5) is 1.73. The summed E-state index contributed by atoms with van der Waals surface area (Å²) in [6.07, 6.45) is 0. The highest BCUT2D eigenvalue weighted by Gasteiger charge is 2.07. The molecule has 0 heterocycles. The number of phenolic OH excluding ortho intramolecular Hbond substituents is 2. The Morgan fingerprint density at radius 2 is 1.55 bits per heavy atom. The molecular weight excluding hydrogens is 319 g/mol. The molecule has 108 valence electrons. The zero-order valence-corrected chi connectivity index (χ0v) is 13.2. The van der Waals surface area contributed by atoms with Crippen molar-refractivity contribution in [2.45, 2.75) is 16.7 Å². The maximum absolute atomic E-state index is 9.55. The maximum Gasteiger partial charge on any atom is 0.160 e. The molecule has 0 unspecified atom stereocenters. The van der Waals surface area contributed by atoms with Crippen LogP contribution in [0.4, 0.5) is 0 Å². The molecule has 0 aliphatic rings. The highest BCUT2D eigenvalue weighted by Crippen LogP contribution is 2.38. The molecule has 6 heteroatoms. The first kappa shape index (κ1) is 17.0. The van der Waals surface area contributed by atoms with Gasteiger partial charge in [0.05, 0.1) is 10.0 Å². The van der Waals surface area contributed by atoms with Crippen LogP contribution >= 0.6 is 35.0 Å². The van der Waals surface area contributed by atoms with Gasteiger partial charge in [0.25, 0.3) is 0 Å².